The fraction of sp³-hybridized carbons (Fsp3) is 0.636. The number of ether oxygens (including phenoxy) is 2. The first-order valence-electron chi connectivity index (χ1n) is 4.79. The Labute approximate surface area is 94.7 Å². The van der Waals surface area contributed by atoms with E-state index in [1.807, 2.05) is 0 Å². The van der Waals surface area contributed by atoms with Crippen LogP contribution in [0.5, 0.6) is 0 Å². The van der Waals surface area contributed by atoms with Gasteiger partial charge >= 0.3 is 11.9 Å². The van der Waals surface area contributed by atoms with Crippen molar-refractivity contribution in [1.82, 2.24) is 0 Å². The third-order valence-corrected chi connectivity index (χ3v) is 1.22. The predicted molar refractivity (Wildman–Crippen MR) is 56.3 cm³/mol. The van der Waals surface area contributed by atoms with Gasteiger partial charge in [-0.2, -0.15) is 0 Å². The molecule has 0 aromatic heterocycles. The van der Waals surface area contributed by atoms with Crippen LogP contribution in [0.4, 0.5) is 0 Å². The summed E-state index contributed by atoms with van der Waals surface area (Å²) in [4.78, 5) is 21.8. The molecule has 1 N–H and O–H groups in total. The molecule has 5 heteroatoms. The molecule has 0 radical (unpaired) electrons. The molecule has 0 aliphatic carbocycles. The second-order valence-electron chi connectivity index (χ2n) is 4.09. The highest BCUT2D eigenvalue weighted by molar-refractivity contribution is 5.88. The maximum absolute atomic E-state index is 11.1. The molecular weight excluding hydrogens is 213 g/mol. The summed E-state index contributed by atoms with van der Waals surface area (Å²) < 4.78 is 9.40. The minimum Gasteiger partial charge on any atom is -0.451 e. The molecule has 0 fully saturated rings. The van der Waals surface area contributed by atoms with E-state index in [1.165, 1.54) is 6.92 Å². The van der Waals surface area contributed by atoms with E-state index < -0.39 is 23.6 Å². The highest BCUT2D eigenvalue weighted by Gasteiger charge is 2.14. The SMILES string of the molecule is CC(O)[13C](=O)OCC#CC(=O)OC(C)(C)C. The summed E-state index contributed by atoms with van der Waals surface area (Å²) >= 11 is 0. The Morgan fingerprint density at radius 1 is 1.38 bits per heavy atom. The second-order valence-corrected chi connectivity index (χ2v) is 4.09. The summed E-state index contributed by atoms with van der Waals surface area (Å²) in [5.41, 5.74) is -0.595. The van der Waals surface area contributed by atoms with E-state index in [-0.39, 0.29) is 6.61 Å². The molecular formula is C11H16O5. The van der Waals surface area contributed by atoms with E-state index in [0.29, 0.717) is 0 Å². The molecule has 0 aliphatic rings. The number of hydrogen-bond donors (Lipinski definition) is 1. The summed E-state index contributed by atoms with van der Waals surface area (Å²) in [5.74, 6) is 3.02. The Morgan fingerprint density at radius 2 is 1.94 bits per heavy atom. The minimum absolute atomic E-state index is 0.247. The summed E-state index contributed by atoms with van der Waals surface area (Å²) in [5, 5.41) is 8.77. The van der Waals surface area contributed by atoms with Crippen LogP contribution in [0.15, 0.2) is 0 Å². The molecule has 0 saturated heterocycles. The standard InChI is InChI=1S/C11H16O5/c1-8(12)10(14)15-7-5-6-9(13)16-11(2,3)4/h8,12H,7H2,1-4H3/i10+1. The van der Waals surface area contributed by atoms with Crippen LogP contribution < -0.4 is 0 Å². The van der Waals surface area contributed by atoms with Gasteiger partial charge in [-0.3, -0.25) is 0 Å². The van der Waals surface area contributed by atoms with E-state index in [0.717, 1.165) is 0 Å². The van der Waals surface area contributed by atoms with Crippen LogP contribution in [-0.2, 0) is 19.1 Å². The van der Waals surface area contributed by atoms with Crippen LogP contribution in [0.25, 0.3) is 0 Å². The lowest BCUT2D eigenvalue weighted by Gasteiger charge is -2.16. The molecule has 0 heterocycles. The molecule has 0 aromatic carbocycles. The van der Waals surface area contributed by atoms with Crippen LogP contribution in [0.1, 0.15) is 27.7 Å². The van der Waals surface area contributed by atoms with Crippen LogP contribution in [0.2, 0.25) is 0 Å². The van der Waals surface area contributed by atoms with Crippen LogP contribution in [-0.4, -0.2) is 35.4 Å². The zero-order valence-electron chi connectivity index (χ0n) is 9.86. The minimum atomic E-state index is -1.19. The maximum Gasteiger partial charge on any atom is 0.384 e. The number of carbonyl (C=O) groups is 2. The third kappa shape index (κ3) is 7.83. The average molecular weight is 229 g/mol. The molecule has 0 rings (SSSR count). The molecule has 16 heavy (non-hydrogen) atoms. The first kappa shape index (κ1) is 14.5. The fourth-order valence-electron chi connectivity index (χ4n) is 0.640. The van der Waals surface area contributed by atoms with Gasteiger partial charge in [0.1, 0.15) is 11.7 Å². The summed E-state index contributed by atoms with van der Waals surface area (Å²) in [7, 11) is 0. The number of carbonyl (C=O) groups excluding carboxylic acids is 2. The van der Waals surface area contributed by atoms with E-state index in [1.54, 1.807) is 20.8 Å². The number of rotatable bonds is 2. The van der Waals surface area contributed by atoms with Gasteiger partial charge in [-0.15, -0.1) is 0 Å². The fourth-order valence-corrected chi connectivity index (χ4v) is 0.640. The van der Waals surface area contributed by atoms with Crippen molar-refractivity contribution in [2.45, 2.75) is 39.4 Å². The normalized spacial score (nSPS) is 12.1. The quantitative estimate of drug-likeness (QED) is 0.318. The van der Waals surface area contributed by atoms with Crippen molar-refractivity contribution in [2.24, 2.45) is 0 Å². The van der Waals surface area contributed by atoms with Gasteiger partial charge in [-0.05, 0) is 33.6 Å². The molecule has 1 unspecified atom stereocenters. The largest absolute Gasteiger partial charge is 0.451 e. The van der Waals surface area contributed by atoms with Crippen molar-refractivity contribution in [3.63, 3.8) is 0 Å². The zero-order chi connectivity index (χ0) is 12.8. The smallest absolute Gasteiger partial charge is 0.384 e. The van der Waals surface area contributed by atoms with Crippen molar-refractivity contribution in [2.75, 3.05) is 6.61 Å². The third-order valence-electron chi connectivity index (χ3n) is 1.22. The van der Waals surface area contributed by atoms with Crippen LogP contribution in [0.3, 0.4) is 0 Å². The van der Waals surface area contributed by atoms with Crippen molar-refractivity contribution >= 4 is 11.9 Å². The second kappa shape index (κ2) is 6.13. The highest BCUT2D eigenvalue weighted by atomic mass is 16.6. The van der Waals surface area contributed by atoms with Gasteiger partial charge in [0.05, 0.1) is 0 Å². The van der Waals surface area contributed by atoms with E-state index in [2.05, 4.69) is 16.6 Å². The molecule has 1 atom stereocenters. The predicted octanol–water partition coefficient (Wildman–Crippen LogP) is 0.255. The van der Waals surface area contributed by atoms with Crippen molar-refractivity contribution < 1.29 is 24.2 Å². The molecule has 0 amide bonds. The number of hydrogen-bond acceptors (Lipinski definition) is 5. The Balaban J connectivity index is 3.95. The first-order valence-corrected chi connectivity index (χ1v) is 4.79. The average Bonchev–Trinajstić information content (AvgIpc) is 2.08. The van der Waals surface area contributed by atoms with Crippen LogP contribution in [0, 0.1) is 11.8 Å². The maximum atomic E-state index is 11.1. The lowest BCUT2D eigenvalue weighted by molar-refractivity contribution is -0.151. The molecule has 0 spiro atoms. The number of aliphatic hydroxyl groups excluding tert-OH is 1. The van der Waals surface area contributed by atoms with Crippen LogP contribution >= 0.6 is 0 Å². The molecule has 90 valence electrons. The van der Waals surface area contributed by atoms with E-state index >= 15 is 0 Å². The Kier molecular flexibility index (Phi) is 5.54. The van der Waals surface area contributed by atoms with Gasteiger partial charge in [0, 0.05) is 5.92 Å². The molecule has 5 nitrogen and oxygen atoms in total. The Morgan fingerprint density at radius 3 is 2.38 bits per heavy atom. The van der Waals surface area contributed by atoms with E-state index in [9.17, 15) is 9.59 Å². The lowest BCUT2D eigenvalue weighted by atomic mass is 10.2. The Bertz CT molecular complexity index is 313. The lowest BCUT2D eigenvalue weighted by Crippen LogP contribution is -2.23. The Hall–Kier alpha value is -1.54. The van der Waals surface area contributed by atoms with Gasteiger partial charge in [-0.1, -0.05) is 0 Å². The van der Waals surface area contributed by atoms with E-state index in [4.69, 9.17) is 9.84 Å². The van der Waals surface area contributed by atoms with Crippen molar-refractivity contribution in [1.29, 1.82) is 0 Å². The molecule has 0 saturated carbocycles. The van der Waals surface area contributed by atoms with Gasteiger partial charge in [0.25, 0.3) is 0 Å². The topological polar surface area (TPSA) is 72.8 Å². The zero-order valence-corrected chi connectivity index (χ0v) is 9.86. The highest BCUT2D eigenvalue weighted by Crippen LogP contribution is 2.05. The molecule has 0 aromatic rings. The van der Waals surface area contributed by atoms with Gasteiger partial charge in [0.15, 0.2) is 6.61 Å². The summed E-state index contributed by atoms with van der Waals surface area (Å²) in [6.45, 7) is 6.20. The monoisotopic (exact) mass is 229 g/mol. The number of aliphatic hydroxyl groups is 1. The van der Waals surface area contributed by atoms with Gasteiger partial charge in [-0.25, -0.2) is 9.59 Å². The number of esters is 2. The van der Waals surface area contributed by atoms with Gasteiger partial charge in [0.2, 0.25) is 0 Å². The van der Waals surface area contributed by atoms with Gasteiger partial charge < -0.3 is 14.6 Å². The van der Waals surface area contributed by atoms with Crippen molar-refractivity contribution in [3.8, 4) is 11.8 Å². The molecule has 0 aliphatic heterocycles. The molecule has 0 bridgehead atoms. The first-order chi connectivity index (χ1) is 7.22. The summed E-state index contributed by atoms with van der Waals surface area (Å²) in [6.07, 6.45) is -1.19. The summed E-state index contributed by atoms with van der Waals surface area (Å²) in [6, 6.07) is 0. The van der Waals surface area contributed by atoms with Crippen molar-refractivity contribution in [3.05, 3.63) is 0 Å².